The van der Waals surface area contributed by atoms with E-state index in [4.69, 9.17) is 0 Å². The van der Waals surface area contributed by atoms with Crippen LogP contribution in [0.4, 0.5) is 15.9 Å². The molecule has 0 saturated heterocycles. The van der Waals surface area contributed by atoms with Crippen LogP contribution in [0.2, 0.25) is 0 Å². The summed E-state index contributed by atoms with van der Waals surface area (Å²) < 4.78 is 16.5. The predicted molar refractivity (Wildman–Crippen MR) is 110 cm³/mol. The van der Waals surface area contributed by atoms with Crippen molar-refractivity contribution in [3.8, 4) is 11.5 Å². The number of anilines is 2. The van der Waals surface area contributed by atoms with Gasteiger partial charge in [0, 0.05) is 25.2 Å². The van der Waals surface area contributed by atoms with Crippen LogP contribution in [-0.4, -0.2) is 38.6 Å². The molecule has 0 spiro atoms. The molecule has 0 radical (unpaired) electrons. The number of nitrogens with zero attached hydrogens (tertiary/aromatic N) is 5. The summed E-state index contributed by atoms with van der Waals surface area (Å²) in [6.07, 6.45) is 2.40. The van der Waals surface area contributed by atoms with Gasteiger partial charge in [0.2, 0.25) is 5.91 Å². The van der Waals surface area contributed by atoms with Gasteiger partial charge in [-0.25, -0.2) is 9.37 Å². The van der Waals surface area contributed by atoms with Crippen LogP contribution in [0.5, 0.6) is 0 Å². The number of hydrogen-bond acceptors (Lipinski definition) is 5. The van der Waals surface area contributed by atoms with Crippen molar-refractivity contribution in [2.45, 2.75) is 32.7 Å². The van der Waals surface area contributed by atoms with E-state index in [0.29, 0.717) is 35.6 Å². The van der Waals surface area contributed by atoms with E-state index in [1.165, 1.54) is 17.0 Å². The number of carbonyl (C=O) groups is 2. The monoisotopic (exact) mass is 408 g/mol. The lowest BCUT2D eigenvalue weighted by Gasteiger charge is -2.26. The molecule has 30 heavy (non-hydrogen) atoms. The summed E-state index contributed by atoms with van der Waals surface area (Å²) in [6.45, 7) is 4.00. The highest BCUT2D eigenvalue weighted by atomic mass is 19.1. The van der Waals surface area contributed by atoms with Crippen molar-refractivity contribution in [1.82, 2.24) is 19.7 Å². The zero-order valence-electron chi connectivity index (χ0n) is 16.9. The SMILES string of the molecule is CC(C)n1cnnc1-c1cccc(NC(=O)c2cc3c(cc2F)CCC(=O)N3C)n1. The van der Waals surface area contributed by atoms with Crippen molar-refractivity contribution in [3.63, 3.8) is 0 Å². The van der Waals surface area contributed by atoms with Gasteiger partial charge in [-0.2, -0.15) is 0 Å². The Kier molecular flexibility index (Phi) is 5.03. The van der Waals surface area contributed by atoms with Crippen molar-refractivity contribution >= 4 is 23.3 Å². The largest absolute Gasteiger partial charge is 0.315 e. The number of rotatable bonds is 4. The number of hydrogen-bond donors (Lipinski definition) is 1. The molecule has 2 amide bonds. The van der Waals surface area contributed by atoms with Gasteiger partial charge in [0.1, 0.15) is 23.7 Å². The van der Waals surface area contributed by atoms with Gasteiger partial charge in [-0.05, 0) is 50.1 Å². The van der Waals surface area contributed by atoms with E-state index >= 15 is 0 Å². The van der Waals surface area contributed by atoms with E-state index in [9.17, 15) is 14.0 Å². The number of benzene rings is 1. The Hall–Kier alpha value is -3.62. The van der Waals surface area contributed by atoms with Crippen molar-refractivity contribution in [2.75, 3.05) is 17.3 Å². The first kappa shape index (κ1) is 19.7. The standard InChI is InChI=1S/C21H21FN6O2/c1-12(2)28-11-23-26-20(28)16-5-4-6-18(24-16)25-21(30)14-10-17-13(9-15(14)22)7-8-19(29)27(17)3/h4-6,9-12H,7-8H2,1-3H3,(H,24,25,30). The summed E-state index contributed by atoms with van der Waals surface area (Å²) in [7, 11) is 1.62. The third kappa shape index (κ3) is 3.54. The minimum atomic E-state index is -0.642. The number of aryl methyl sites for hydroxylation is 1. The Labute approximate surface area is 172 Å². The summed E-state index contributed by atoms with van der Waals surface area (Å²) in [5, 5.41) is 10.7. The molecule has 4 rings (SSSR count). The zero-order chi connectivity index (χ0) is 21.4. The minimum absolute atomic E-state index is 0.0656. The highest BCUT2D eigenvalue weighted by Gasteiger charge is 2.25. The Balaban J connectivity index is 1.62. The van der Waals surface area contributed by atoms with E-state index in [2.05, 4.69) is 20.5 Å². The summed E-state index contributed by atoms with van der Waals surface area (Å²) in [5.74, 6) is -0.510. The number of amides is 2. The van der Waals surface area contributed by atoms with Crippen LogP contribution in [0.25, 0.3) is 11.5 Å². The summed E-state index contributed by atoms with van der Waals surface area (Å²) in [4.78, 5) is 30.6. The van der Waals surface area contributed by atoms with Crippen molar-refractivity contribution in [2.24, 2.45) is 0 Å². The molecule has 8 nitrogen and oxygen atoms in total. The van der Waals surface area contributed by atoms with Gasteiger partial charge >= 0.3 is 0 Å². The highest BCUT2D eigenvalue weighted by Crippen LogP contribution is 2.30. The van der Waals surface area contributed by atoms with E-state index < -0.39 is 11.7 Å². The second kappa shape index (κ2) is 7.66. The van der Waals surface area contributed by atoms with Crippen LogP contribution in [0.3, 0.4) is 0 Å². The topological polar surface area (TPSA) is 93.0 Å². The average Bonchev–Trinajstić information content (AvgIpc) is 3.21. The zero-order valence-corrected chi connectivity index (χ0v) is 16.9. The lowest BCUT2D eigenvalue weighted by molar-refractivity contribution is -0.118. The minimum Gasteiger partial charge on any atom is -0.315 e. The molecule has 1 aromatic carbocycles. The van der Waals surface area contributed by atoms with Crippen LogP contribution in [0.1, 0.15) is 42.2 Å². The van der Waals surface area contributed by atoms with Crippen LogP contribution >= 0.6 is 0 Å². The number of fused-ring (bicyclic) bond motifs is 1. The number of halogens is 1. The Morgan fingerprint density at radius 2 is 2.03 bits per heavy atom. The quantitative estimate of drug-likeness (QED) is 0.716. The number of carbonyl (C=O) groups excluding carboxylic acids is 2. The molecule has 9 heteroatoms. The maximum atomic E-state index is 14.6. The molecule has 0 atom stereocenters. The van der Waals surface area contributed by atoms with Crippen LogP contribution in [0.15, 0.2) is 36.7 Å². The Morgan fingerprint density at radius 3 is 2.80 bits per heavy atom. The first-order chi connectivity index (χ1) is 14.3. The van der Waals surface area contributed by atoms with Gasteiger partial charge in [0.15, 0.2) is 5.82 Å². The maximum absolute atomic E-state index is 14.6. The van der Waals surface area contributed by atoms with Crippen LogP contribution < -0.4 is 10.2 Å². The smallest absolute Gasteiger partial charge is 0.259 e. The molecule has 0 aliphatic carbocycles. The Morgan fingerprint density at radius 1 is 1.23 bits per heavy atom. The normalized spacial score (nSPS) is 13.5. The molecule has 1 N–H and O–H groups in total. The lowest BCUT2D eigenvalue weighted by atomic mass is 9.98. The number of aromatic nitrogens is 4. The molecule has 0 saturated carbocycles. The molecule has 1 aliphatic rings. The van der Waals surface area contributed by atoms with E-state index in [1.807, 2.05) is 18.4 Å². The van der Waals surface area contributed by atoms with Gasteiger partial charge < -0.3 is 14.8 Å². The summed E-state index contributed by atoms with van der Waals surface area (Å²) in [5.41, 5.74) is 1.65. The fourth-order valence-corrected chi connectivity index (χ4v) is 3.45. The molecule has 3 aromatic rings. The summed E-state index contributed by atoms with van der Waals surface area (Å²) >= 11 is 0. The molecule has 1 aliphatic heterocycles. The van der Waals surface area contributed by atoms with E-state index in [1.54, 1.807) is 31.6 Å². The lowest BCUT2D eigenvalue weighted by Crippen LogP contribution is -2.31. The third-order valence-corrected chi connectivity index (χ3v) is 5.11. The second-order valence-electron chi connectivity index (χ2n) is 7.43. The first-order valence-corrected chi connectivity index (χ1v) is 9.62. The number of pyridine rings is 1. The molecule has 154 valence electrons. The molecular formula is C21H21FN6O2. The van der Waals surface area contributed by atoms with Gasteiger partial charge in [0.25, 0.3) is 5.91 Å². The third-order valence-electron chi connectivity index (χ3n) is 5.11. The molecule has 0 bridgehead atoms. The van der Waals surface area contributed by atoms with E-state index in [0.717, 1.165) is 0 Å². The molecule has 2 aromatic heterocycles. The average molecular weight is 408 g/mol. The molecule has 0 fully saturated rings. The highest BCUT2D eigenvalue weighted by molar-refractivity contribution is 6.06. The maximum Gasteiger partial charge on any atom is 0.259 e. The molecule has 0 unspecified atom stereocenters. The Bertz CT molecular complexity index is 1140. The van der Waals surface area contributed by atoms with Crippen LogP contribution in [-0.2, 0) is 11.2 Å². The second-order valence-corrected chi connectivity index (χ2v) is 7.43. The van der Waals surface area contributed by atoms with Crippen LogP contribution in [0, 0.1) is 5.82 Å². The summed E-state index contributed by atoms with van der Waals surface area (Å²) in [6, 6.07) is 7.98. The first-order valence-electron chi connectivity index (χ1n) is 9.62. The number of nitrogens with one attached hydrogen (secondary N) is 1. The van der Waals surface area contributed by atoms with Crippen molar-refractivity contribution in [3.05, 3.63) is 53.6 Å². The molecule has 3 heterocycles. The fourth-order valence-electron chi connectivity index (χ4n) is 3.45. The van der Waals surface area contributed by atoms with Gasteiger partial charge in [-0.1, -0.05) is 6.07 Å². The van der Waals surface area contributed by atoms with Gasteiger partial charge in [0.05, 0.1) is 5.56 Å². The van der Waals surface area contributed by atoms with Crippen molar-refractivity contribution in [1.29, 1.82) is 0 Å². The van der Waals surface area contributed by atoms with E-state index in [-0.39, 0.29) is 23.3 Å². The molecular weight excluding hydrogens is 387 g/mol. The van der Waals surface area contributed by atoms with Gasteiger partial charge in [-0.15, -0.1) is 10.2 Å². The van der Waals surface area contributed by atoms with Gasteiger partial charge in [-0.3, -0.25) is 9.59 Å². The predicted octanol–water partition coefficient (Wildman–Crippen LogP) is 3.22. The van der Waals surface area contributed by atoms with Crippen molar-refractivity contribution < 1.29 is 14.0 Å². The fraction of sp³-hybridized carbons (Fsp3) is 0.286.